The summed E-state index contributed by atoms with van der Waals surface area (Å²) in [7, 11) is 4.74. The molecule has 7 nitrogen and oxygen atoms in total. The van der Waals surface area contributed by atoms with Crippen molar-refractivity contribution in [1.82, 2.24) is 4.90 Å². The smallest absolute Gasteiger partial charge is 0.230 e. The number of hydrogen-bond acceptors (Lipinski definition) is 5. The van der Waals surface area contributed by atoms with Crippen LogP contribution in [-0.2, 0) is 9.59 Å². The highest BCUT2D eigenvalue weighted by Crippen LogP contribution is 2.40. The van der Waals surface area contributed by atoms with Crippen molar-refractivity contribution in [3.8, 4) is 17.2 Å². The van der Waals surface area contributed by atoms with Crippen molar-refractivity contribution in [1.29, 1.82) is 0 Å². The number of aryl methyl sites for hydroxylation is 1. The second-order valence-electron chi connectivity index (χ2n) is 7.98. The molecule has 1 fully saturated rings. The van der Waals surface area contributed by atoms with E-state index in [1.165, 1.54) is 0 Å². The monoisotopic (exact) mass is 440 g/mol. The van der Waals surface area contributed by atoms with Crippen molar-refractivity contribution >= 4 is 17.5 Å². The highest BCUT2D eigenvalue weighted by atomic mass is 16.5. The first-order valence-corrected chi connectivity index (χ1v) is 10.9. The number of nitrogens with one attached hydrogen (secondary N) is 1. The van der Waals surface area contributed by atoms with Crippen LogP contribution in [-0.4, -0.2) is 44.6 Å². The summed E-state index contributed by atoms with van der Waals surface area (Å²) < 4.78 is 16.0. The summed E-state index contributed by atoms with van der Waals surface area (Å²) in [5, 5.41) is 3.02. The molecule has 2 amide bonds. The summed E-state index contributed by atoms with van der Waals surface area (Å²) in [6.07, 6.45) is 2.04. The summed E-state index contributed by atoms with van der Waals surface area (Å²) in [5.74, 6) is 1.19. The van der Waals surface area contributed by atoms with E-state index in [4.69, 9.17) is 14.2 Å². The highest BCUT2D eigenvalue weighted by Gasteiger charge is 2.44. The zero-order valence-corrected chi connectivity index (χ0v) is 19.4. The van der Waals surface area contributed by atoms with E-state index in [0.717, 1.165) is 29.7 Å². The van der Waals surface area contributed by atoms with E-state index in [1.807, 2.05) is 42.2 Å². The van der Waals surface area contributed by atoms with Gasteiger partial charge in [0.1, 0.15) is 5.75 Å². The topological polar surface area (TPSA) is 77.1 Å². The van der Waals surface area contributed by atoms with Gasteiger partial charge < -0.3 is 24.4 Å². The van der Waals surface area contributed by atoms with Gasteiger partial charge in [-0.05, 0) is 42.7 Å². The lowest BCUT2D eigenvalue weighted by molar-refractivity contribution is -0.129. The predicted molar refractivity (Wildman–Crippen MR) is 123 cm³/mol. The molecule has 1 saturated heterocycles. The average molecular weight is 441 g/mol. The molecule has 2 aromatic carbocycles. The number of benzene rings is 2. The molecule has 0 bridgehead atoms. The largest absolute Gasteiger partial charge is 0.497 e. The van der Waals surface area contributed by atoms with Gasteiger partial charge in [0.15, 0.2) is 11.5 Å². The molecule has 1 N–H and O–H groups in total. The number of likely N-dealkylation sites (tertiary alicyclic amines) is 1. The molecule has 0 radical (unpaired) electrons. The van der Waals surface area contributed by atoms with E-state index >= 15 is 0 Å². The number of rotatable bonds is 9. The SMILES string of the molecule is CCCCN1C(=O)C[C@H](C(=O)Nc2cc(OC)c(OC)cc2C)[C@H]1c1ccc(OC)cc1. The first-order chi connectivity index (χ1) is 15.4. The van der Waals surface area contributed by atoms with Crippen LogP contribution in [0.2, 0.25) is 0 Å². The number of nitrogens with zero attached hydrogens (tertiary/aromatic N) is 1. The predicted octanol–water partition coefficient (Wildman–Crippen LogP) is 4.35. The van der Waals surface area contributed by atoms with Crippen LogP contribution < -0.4 is 19.5 Å². The number of amides is 2. The average Bonchev–Trinajstić information content (AvgIpc) is 3.14. The fourth-order valence-corrected chi connectivity index (χ4v) is 4.17. The number of unbranched alkanes of at least 4 members (excludes halogenated alkanes) is 1. The van der Waals surface area contributed by atoms with Crippen molar-refractivity contribution in [2.75, 3.05) is 33.2 Å². The number of carbonyl (C=O) groups excluding carboxylic acids is 2. The molecule has 0 saturated carbocycles. The summed E-state index contributed by atoms with van der Waals surface area (Å²) in [5.41, 5.74) is 2.42. The molecular formula is C25H32N2O5. The molecule has 7 heteroatoms. The van der Waals surface area contributed by atoms with Gasteiger partial charge in [-0.2, -0.15) is 0 Å². The maximum Gasteiger partial charge on any atom is 0.230 e. The normalized spacial score (nSPS) is 17.9. The molecule has 2 atom stereocenters. The van der Waals surface area contributed by atoms with E-state index < -0.39 is 5.92 Å². The number of carbonyl (C=O) groups is 2. The molecule has 0 aromatic heterocycles. The van der Waals surface area contributed by atoms with Gasteiger partial charge in [0.25, 0.3) is 0 Å². The summed E-state index contributed by atoms with van der Waals surface area (Å²) in [6.45, 7) is 4.62. The van der Waals surface area contributed by atoms with Crippen LogP contribution in [0.3, 0.4) is 0 Å². The molecule has 0 unspecified atom stereocenters. The van der Waals surface area contributed by atoms with Crippen LogP contribution in [0, 0.1) is 12.8 Å². The summed E-state index contributed by atoms with van der Waals surface area (Å²) in [4.78, 5) is 28.1. The van der Waals surface area contributed by atoms with Crippen molar-refractivity contribution in [2.45, 2.75) is 39.2 Å². The van der Waals surface area contributed by atoms with E-state index in [2.05, 4.69) is 12.2 Å². The molecule has 2 aromatic rings. The van der Waals surface area contributed by atoms with Crippen molar-refractivity contribution in [3.05, 3.63) is 47.5 Å². The molecule has 32 heavy (non-hydrogen) atoms. The van der Waals surface area contributed by atoms with Crippen LogP contribution in [0.15, 0.2) is 36.4 Å². The van der Waals surface area contributed by atoms with Gasteiger partial charge in [0.2, 0.25) is 11.8 Å². The minimum atomic E-state index is -0.500. The summed E-state index contributed by atoms with van der Waals surface area (Å²) in [6, 6.07) is 10.8. The van der Waals surface area contributed by atoms with Crippen molar-refractivity contribution < 1.29 is 23.8 Å². The third-order valence-electron chi connectivity index (χ3n) is 5.97. The molecule has 0 aliphatic carbocycles. The Labute approximate surface area is 189 Å². The lowest BCUT2D eigenvalue weighted by Gasteiger charge is -2.28. The number of ether oxygens (including phenoxy) is 3. The van der Waals surface area contributed by atoms with Crippen LogP contribution in [0.25, 0.3) is 0 Å². The minimum Gasteiger partial charge on any atom is -0.497 e. The fourth-order valence-electron chi connectivity index (χ4n) is 4.17. The molecule has 1 heterocycles. The minimum absolute atomic E-state index is 0.00320. The first kappa shape index (κ1) is 23.4. The van der Waals surface area contributed by atoms with Gasteiger partial charge in [-0.25, -0.2) is 0 Å². The van der Waals surface area contributed by atoms with Gasteiger partial charge >= 0.3 is 0 Å². The molecule has 0 spiro atoms. The van der Waals surface area contributed by atoms with Crippen LogP contribution >= 0.6 is 0 Å². The molecule has 1 aliphatic heterocycles. The Bertz CT molecular complexity index is 958. The second kappa shape index (κ2) is 10.4. The second-order valence-corrected chi connectivity index (χ2v) is 7.98. The van der Waals surface area contributed by atoms with Gasteiger partial charge in [0.05, 0.1) is 33.3 Å². The van der Waals surface area contributed by atoms with E-state index in [-0.39, 0.29) is 24.3 Å². The number of hydrogen-bond donors (Lipinski definition) is 1. The Kier molecular flexibility index (Phi) is 7.62. The van der Waals surface area contributed by atoms with E-state index in [1.54, 1.807) is 27.4 Å². The quantitative estimate of drug-likeness (QED) is 0.627. The van der Waals surface area contributed by atoms with Crippen molar-refractivity contribution in [2.24, 2.45) is 5.92 Å². The van der Waals surface area contributed by atoms with Gasteiger partial charge in [0, 0.05) is 24.7 Å². The van der Waals surface area contributed by atoms with E-state index in [9.17, 15) is 9.59 Å². The Hall–Kier alpha value is -3.22. The van der Waals surface area contributed by atoms with Gasteiger partial charge in [-0.15, -0.1) is 0 Å². The molecular weight excluding hydrogens is 408 g/mol. The fraction of sp³-hybridized carbons (Fsp3) is 0.440. The Balaban J connectivity index is 1.91. The number of anilines is 1. The maximum atomic E-state index is 13.4. The highest BCUT2D eigenvalue weighted by molar-refractivity contribution is 5.98. The lowest BCUT2D eigenvalue weighted by Crippen LogP contribution is -2.33. The molecule has 3 rings (SSSR count). The van der Waals surface area contributed by atoms with Crippen molar-refractivity contribution in [3.63, 3.8) is 0 Å². The zero-order chi connectivity index (χ0) is 23.3. The van der Waals surface area contributed by atoms with Crippen LogP contribution in [0.4, 0.5) is 5.69 Å². The third-order valence-corrected chi connectivity index (χ3v) is 5.97. The molecule has 1 aliphatic rings. The Morgan fingerprint density at radius 3 is 2.31 bits per heavy atom. The Morgan fingerprint density at radius 1 is 1.06 bits per heavy atom. The molecule has 172 valence electrons. The zero-order valence-electron chi connectivity index (χ0n) is 19.4. The number of methoxy groups -OCH3 is 3. The van der Waals surface area contributed by atoms with Crippen LogP contribution in [0.5, 0.6) is 17.2 Å². The van der Waals surface area contributed by atoms with E-state index in [0.29, 0.717) is 23.7 Å². The Morgan fingerprint density at radius 2 is 1.72 bits per heavy atom. The first-order valence-electron chi connectivity index (χ1n) is 10.9. The van der Waals surface area contributed by atoms with Crippen LogP contribution in [0.1, 0.15) is 43.4 Å². The van der Waals surface area contributed by atoms with Gasteiger partial charge in [-0.1, -0.05) is 25.5 Å². The maximum absolute atomic E-state index is 13.4. The van der Waals surface area contributed by atoms with Gasteiger partial charge in [-0.3, -0.25) is 9.59 Å². The third kappa shape index (κ3) is 4.82. The lowest BCUT2D eigenvalue weighted by atomic mass is 9.92. The standard InChI is InChI=1S/C25H32N2O5/c1-6-7-12-27-23(28)14-19(24(27)17-8-10-18(30-3)11-9-17)25(29)26-20-15-22(32-5)21(31-4)13-16(20)2/h8-11,13,15,19,24H,6-7,12,14H2,1-5H3,(H,26,29)/t19-,24+/m0/s1. The summed E-state index contributed by atoms with van der Waals surface area (Å²) >= 11 is 0.